The summed E-state index contributed by atoms with van der Waals surface area (Å²) in [6, 6.07) is 6.60. The second-order valence-electron chi connectivity index (χ2n) is 3.86. The van der Waals surface area contributed by atoms with Crippen molar-refractivity contribution in [2.45, 2.75) is 13.3 Å². The molecule has 0 spiro atoms. The monoisotopic (exact) mass is 284 g/mol. The van der Waals surface area contributed by atoms with Gasteiger partial charge in [-0.3, -0.25) is 0 Å². The third kappa shape index (κ3) is 5.05. The van der Waals surface area contributed by atoms with Crippen LogP contribution in [0.4, 0.5) is 10.5 Å². The van der Waals surface area contributed by atoms with Gasteiger partial charge in [0.2, 0.25) is 0 Å². The molecule has 104 valence electrons. The lowest BCUT2D eigenvalue weighted by Gasteiger charge is -2.21. The molecule has 0 radical (unpaired) electrons. The third-order valence-electron chi connectivity index (χ3n) is 2.53. The van der Waals surface area contributed by atoms with Gasteiger partial charge in [0.05, 0.1) is 0 Å². The average Bonchev–Trinajstić information content (AvgIpc) is 2.41. The molecular weight excluding hydrogens is 268 g/mol. The highest BCUT2D eigenvalue weighted by Crippen LogP contribution is 2.13. The maximum absolute atomic E-state index is 12.0. The molecule has 0 aliphatic rings. The molecule has 1 aromatic carbocycles. The number of nitrogens with one attached hydrogen (secondary N) is 1. The Bertz CT molecular complexity index is 448. The molecule has 0 unspecified atom stereocenters. The van der Waals surface area contributed by atoms with Gasteiger partial charge in [0.15, 0.2) is 0 Å². The van der Waals surface area contributed by atoms with Gasteiger partial charge in [0.25, 0.3) is 0 Å². The van der Waals surface area contributed by atoms with E-state index in [1.165, 1.54) is 0 Å². The Balaban J connectivity index is 2.56. The number of halogens is 1. The van der Waals surface area contributed by atoms with Gasteiger partial charge in [-0.05, 0) is 31.2 Å². The Morgan fingerprint density at radius 2 is 2.11 bits per heavy atom. The molecule has 6 nitrogen and oxygen atoms in total. The molecular formula is C12H17ClN4O2. The Hall–Kier alpha value is -1.95. The highest BCUT2D eigenvalue weighted by molar-refractivity contribution is 6.30. The second kappa shape index (κ2) is 7.48. The molecule has 0 saturated carbocycles. The molecule has 0 bridgehead atoms. The number of amides is 2. The maximum atomic E-state index is 12.0. The van der Waals surface area contributed by atoms with Crippen molar-refractivity contribution in [2.75, 3.05) is 18.4 Å². The normalized spacial score (nSPS) is 11.2. The fraction of sp³-hybridized carbons (Fsp3) is 0.333. The van der Waals surface area contributed by atoms with E-state index in [9.17, 15) is 4.79 Å². The minimum Gasteiger partial charge on any atom is -0.409 e. The number of nitrogens with two attached hydrogens (primary N) is 1. The molecule has 0 aromatic heterocycles. The Morgan fingerprint density at radius 3 is 2.63 bits per heavy atom. The Morgan fingerprint density at radius 1 is 1.47 bits per heavy atom. The van der Waals surface area contributed by atoms with Crippen LogP contribution in [-0.4, -0.2) is 35.1 Å². The SMILES string of the molecule is CCN(CCC(N)=NO)C(=O)Nc1ccc(Cl)cc1. The van der Waals surface area contributed by atoms with Crippen LogP contribution in [-0.2, 0) is 0 Å². The fourth-order valence-corrected chi connectivity index (χ4v) is 1.56. The van der Waals surface area contributed by atoms with E-state index in [0.717, 1.165) is 0 Å². The predicted molar refractivity (Wildman–Crippen MR) is 75.7 cm³/mol. The average molecular weight is 285 g/mol. The smallest absolute Gasteiger partial charge is 0.321 e. The molecule has 19 heavy (non-hydrogen) atoms. The third-order valence-corrected chi connectivity index (χ3v) is 2.78. The van der Waals surface area contributed by atoms with Gasteiger partial charge < -0.3 is 21.2 Å². The second-order valence-corrected chi connectivity index (χ2v) is 4.29. The van der Waals surface area contributed by atoms with Crippen molar-refractivity contribution in [1.82, 2.24) is 4.90 Å². The zero-order valence-corrected chi connectivity index (χ0v) is 11.4. The van der Waals surface area contributed by atoms with Crippen molar-refractivity contribution in [3.05, 3.63) is 29.3 Å². The van der Waals surface area contributed by atoms with E-state index in [4.69, 9.17) is 22.5 Å². The van der Waals surface area contributed by atoms with Crippen LogP contribution in [0.5, 0.6) is 0 Å². The first-order valence-electron chi connectivity index (χ1n) is 5.84. The molecule has 1 aromatic rings. The highest BCUT2D eigenvalue weighted by atomic mass is 35.5. The van der Waals surface area contributed by atoms with E-state index in [1.54, 1.807) is 29.2 Å². The standard InChI is InChI=1S/C12H17ClN4O2/c1-2-17(8-7-11(14)16-19)12(18)15-10-5-3-9(13)4-6-10/h3-6,19H,2,7-8H2,1H3,(H2,14,16)(H,15,18). The molecule has 2 amide bonds. The number of urea groups is 1. The zero-order chi connectivity index (χ0) is 14.3. The first kappa shape index (κ1) is 15.1. The largest absolute Gasteiger partial charge is 0.409 e. The molecule has 4 N–H and O–H groups in total. The van der Waals surface area contributed by atoms with E-state index in [1.807, 2.05) is 6.92 Å². The van der Waals surface area contributed by atoms with Gasteiger partial charge in [-0.2, -0.15) is 0 Å². The maximum Gasteiger partial charge on any atom is 0.321 e. The van der Waals surface area contributed by atoms with Crippen LogP contribution in [0, 0.1) is 0 Å². The van der Waals surface area contributed by atoms with E-state index in [2.05, 4.69) is 10.5 Å². The summed E-state index contributed by atoms with van der Waals surface area (Å²) in [5.41, 5.74) is 6.04. The Labute approximate surface area is 116 Å². The number of hydrogen-bond acceptors (Lipinski definition) is 3. The van der Waals surface area contributed by atoms with Gasteiger partial charge in [0.1, 0.15) is 5.84 Å². The number of anilines is 1. The number of amidine groups is 1. The molecule has 0 fully saturated rings. The van der Waals surface area contributed by atoms with Gasteiger partial charge in [-0.1, -0.05) is 16.8 Å². The van der Waals surface area contributed by atoms with E-state index < -0.39 is 0 Å². The number of carbonyl (C=O) groups is 1. The summed E-state index contributed by atoms with van der Waals surface area (Å²) in [7, 11) is 0. The molecule has 0 heterocycles. The van der Waals surface area contributed by atoms with Crippen LogP contribution < -0.4 is 11.1 Å². The predicted octanol–water partition coefficient (Wildman–Crippen LogP) is 2.33. The van der Waals surface area contributed by atoms with Gasteiger partial charge in [-0.25, -0.2) is 4.79 Å². The van der Waals surface area contributed by atoms with E-state index >= 15 is 0 Å². The number of oxime groups is 1. The Kier molecular flexibility index (Phi) is 5.95. The van der Waals surface area contributed by atoms with Gasteiger partial charge in [-0.15, -0.1) is 0 Å². The molecule has 1 rings (SSSR count). The van der Waals surface area contributed by atoms with Crippen molar-refractivity contribution in [3.8, 4) is 0 Å². The lowest BCUT2D eigenvalue weighted by Crippen LogP contribution is -2.37. The van der Waals surface area contributed by atoms with E-state index in [-0.39, 0.29) is 11.9 Å². The van der Waals surface area contributed by atoms with Crippen LogP contribution in [0.2, 0.25) is 5.02 Å². The summed E-state index contributed by atoms with van der Waals surface area (Å²) >= 11 is 5.76. The lowest BCUT2D eigenvalue weighted by atomic mass is 10.3. The summed E-state index contributed by atoms with van der Waals surface area (Å²) in [5.74, 6) is 0.0951. The van der Waals surface area contributed by atoms with Crippen LogP contribution in [0.25, 0.3) is 0 Å². The van der Waals surface area contributed by atoms with E-state index in [0.29, 0.717) is 30.2 Å². The van der Waals surface area contributed by atoms with Crippen molar-refractivity contribution in [1.29, 1.82) is 0 Å². The highest BCUT2D eigenvalue weighted by Gasteiger charge is 2.12. The van der Waals surface area contributed by atoms with Gasteiger partial charge >= 0.3 is 6.03 Å². The number of carbonyl (C=O) groups excluding carboxylic acids is 1. The fourth-order valence-electron chi connectivity index (χ4n) is 1.44. The minimum atomic E-state index is -0.240. The van der Waals surface area contributed by atoms with Crippen LogP contribution >= 0.6 is 11.6 Å². The molecule has 0 aliphatic carbocycles. The van der Waals surface area contributed by atoms with Crippen LogP contribution in [0.1, 0.15) is 13.3 Å². The number of rotatable bonds is 5. The topological polar surface area (TPSA) is 90.9 Å². The summed E-state index contributed by atoms with van der Waals surface area (Å²) in [5, 5.41) is 14.7. The lowest BCUT2D eigenvalue weighted by molar-refractivity contribution is 0.215. The zero-order valence-electron chi connectivity index (χ0n) is 10.6. The van der Waals surface area contributed by atoms with Crippen LogP contribution in [0.15, 0.2) is 29.4 Å². The summed E-state index contributed by atoms with van der Waals surface area (Å²) < 4.78 is 0. The van der Waals surface area contributed by atoms with Crippen molar-refractivity contribution < 1.29 is 10.0 Å². The first-order valence-corrected chi connectivity index (χ1v) is 6.22. The quantitative estimate of drug-likeness (QED) is 0.335. The summed E-state index contributed by atoms with van der Waals surface area (Å²) in [4.78, 5) is 13.5. The molecule has 0 atom stereocenters. The van der Waals surface area contributed by atoms with Crippen LogP contribution in [0.3, 0.4) is 0 Å². The number of hydrogen-bond donors (Lipinski definition) is 3. The van der Waals surface area contributed by atoms with Gasteiger partial charge in [0, 0.05) is 30.2 Å². The minimum absolute atomic E-state index is 0.0951. The molecule has 7 heteroatoms. The molecule has 0 saturated heterocycles. The summed E-state index contributed by atoms with van der Waals surface area (Å²) in [6.45, 7) is 2.76. The van der Waals surface area contributed by atoms with Crippen molar-refractivity contribution >= 4 is 29.2 Å². The molecule has 0 aliphatic heterocycles. The first-order chi connectivity index (χ1) is 9.06. The number of benzene rings is 1. The van der Waals surface area contributed by atoms with Crippen molar-refractivity contribution in [2.24, 2.45) is 10.9 Å². The van der Waals surface area contributed by atoms with Crippen molar-refractivity contribution in [3.63, 3.8) is 0 Å². The number of nitrogens with zero attached hydrogens (tertiary/aromatic N) is 2. The summed E-state index contributed by atoms with van der Waals surface area (Å²) in [6.07, 6.45) is 0.318.